The zero-order valence-corrected chi connectivity index (χ0v) is 14.4. The standard InChI is InChI=1S/C16H14ClF3O6/c1-8(21)5-13(23)25-15(26-14(24)6-9(2)22)10-3-4-12(17)11(7-10)16(18,19)20/h3-4,7,15H,5-6H2,1-2H3. The first kappa shape index (κ1) is 21.6. The van der Waals surface area contributed by atoms with Crippen LogP contribution in [-0.2, 0) is 34.8 Å². The van der Waals surface area contributed by atoms with Crippen LogP contribution in [0.5, 0.6) is 0 Å². The number of hydrogen-bond acceptors (Lipinski definition) is 6. The first-order valence-corrected chi connectivity index (χ1v) is 7.52. The van der Waals surface area contributed by atoms with Crippen molar-refractivity contribution in [2.24, 2.45) is 0 Å². The third-order valence-corrected chi connectivity index (χ3v) is 3.16. The van der Waals surface area contributed by atoms with Gasteiger partial charge in [0.25, 0.3) is 6.29 Å². The van der Waals surface area contributed by atoms with Crippen LogP contribution in [0.4, 0.5) is 13.2 Å². The molecule has 0 saturated heterocycles. The zero-order valence-electron chi connectivity index (χ0n) is 13.7. The van der Waals surface area contributed by atoms with Crippen LogP contribution in [0.1, 0.15) is 44.1 Å². The van der Waals surface area contributed by atoms with Gasteiger partial charge in [-0.2, -0.15) is 13.2 Å². The molecule has 26 heavy (non-hydrogen) atoms. The molecule has 0 bridgehead atoms. The molecule has 1 aromatic rings. The second-order valence-electron chi connectivity index (χ2n) is 5.31. The molecule has 0 unspecified atom stereocenters. The normalized spacial score (nSPS) is 11.2. The third kappa shape index (κ3) is 6.83. The van der Waals surface area contributed by atoms with E-state index in [0.717, 1.165) is 26.0 Å². The SMILES string of the molecule is CC(=O)CC(=O)OC(OC(=O)CC(C)=O)c1ccc(Cl)c(C(F)(F)F)c1. The molecule has 0 aliphatic carbocycles. The van der Waals surface area contributed by atoms with Crippen molar-refractivity contribution >= 4 is 35.1 Å². The first-order valence-electron chi connectivity index (χ1n) is 7.14. The molecule has 10 heteroatoms. The molecule has 0 heterocycles. The number of hydrogen-bond donors (Lipinski definition) is 0. The van der Waals surface area contributed by atoms with Crippen molar-refractivity contribution < 1.29 is 41.8 Å². The summed E-state index contributed by atoms with van der Waals surface area (Å²) in [5.74, 6) is -3.34. The van der Waals surface area contributed by atoms with Gasteiger partial charge in [-0.1, -0.05) is 17.7 Å². The minimum atomic E-state index is -4.80. The molecule has 0 aliphatic heterocycles. The number of rotatable bonds is 7. The largest absolute Gasteiger partial charge is 0.420 e. The van der Waals surface area contributed by atoms with Gasteiger partial charge in [0, 0.05) is 5.56 Å². The minimum absolute atomic E-state index is 0.337. The summed E-state index contributed by atoms with van der Waals surface area (Å²) >= 11 is 5.51. The van der Waals surface area contributed by atoms with Crippen molar-refractivity contribution in [2.75, 3.05) is 0 Å². The highest BCUT2D eigenvalue weighted by molar-refractivity contribution is 6.31. The van der Waals surface area contributed by atoms with Gasteiger partial charge in [0.1, 0.15) is 24.4 Å². The smallest absolute Gasteiger partial charge is 0.417 e. The molecule has 0 saturated carbocycles. The van der Waals surface area contributed by atoms with Crippen LogP contribution < -0.4 is 0 Å². The molecule has 0 radical (unpaired) electrons. The molecule has 1 rings (SSSR count). The number of Topliss-reactive ketones (excluding diaryl/α,β-unsaturated/α-hetero) is 2. The highest BCUT2D eigenvalue weighted by atomic mass is 35.5. The monoisotopic (exact) mass is 394 g/mol. The lowest BCUT2D eigenvalue weighted by Gasteiger charge is -2.20. The molecule has 142 valence electrons. The number of ketones is 2. The van der Waals surface area contributed by atoms with Crippen molar-refractivity contribution in [3.63, 3.8) is 0 Å². The Bertz CT molecular complexity index is 699. The molecule has 0 amide bonds. The molecular formula is C16H14ClF3O6. The van der Waals surface area contributed by atoms with E-state index in [9.17, 15) is 32.3 Å². The van der Waals surface area contributed by atoms with Crippen LogP contribution in [0.2, 0.25) is 5.02 Å². The molecular weight excluding hydrogens is 381 g/mol. The van der Waals surface area contributed by atoms with Crippen LogP contribution in [0, 0.1) is 0 Å². The number of carbonyl (C=O) groups excluding carboxylic acids is 4. The van der Waals surface area contributed by atoms with E-state index in [1.165, 1.54) is 0 Å². The quantitative estimate of drug-likeness (QED) is 0.400. The number of carbonyl (C=O) groups is 4. The zero-order chi connectivity index (χ0) is 20.1. The Labute approximate surface area is 151 Å². The van der Waals surface area contributed by atoms with E-state index in [2.05, 4.69) is 0 Å². The number of ether oxygens (including phenoxy) is 2. The lowest BCUT2D eigenvalue weighted by Crippen LogP contribution is -2.21. The lowest BCUT2D eigenvalue weighted by molar-refractivity contribution is -0.189. The van der Waals surface area contributed by atoms with E-state index >= 15 is 0 Å². The fourth-order valence-corrected chi connectivity index (χ4v) is 2.02. The Balaban J connectivity index is 3.18. The van der Waals surface area contributed by atoms with Gasteiger partial charge < -0.3 is 9.47 Å². The first-order chi connectivity index (χ1) is 11.9. The van der Waals surface area contributed by atoms with E-state index in [1.807, 2.05) is 0 Å². The average Bonchev–Trinajstić information content (AvgIpc) is 2.43. The maximum absolute atomic E-state index is 13.0. The van der Waals surface area contributed by atoms with Crippen molar-refractivity contribution in [2.45, 2.75) is 39.2 Å². The van der Waals surface area contributed by atoms with Crippen molar-refractivity contribution in [1.29, 1.82) is 0 Å². The van der Waals surface area contributed by atoms with Gasteiger partial charge in [-0.15, -0.1) is 0 Å². The Morgan fingerprint density at radius 1 is 1.00 bits per heavy atom. The third-order valence-electron chi connectivity index (χ3n) is 2.83. The van der Waals surface area contributed by atoms with Crippen LogP contribution in [-0.4, -0.2) is 23.5 Å². The number of halogens is 4. The van der Waals surface area contributed by atoms with Gasteiger partial charge in [-0.3, -0.25) is 19.2 Å². The molecule has 0 aromatic heterocycles. The number of esters is 2. The topological polar surface area (TPSA) is 86.7 Å². The van der Waals surface area contributed by atoms with Gasteiger partial charge >= 0.3 is 18.1 Å². The minimum Gasteiger partial charge on any atom is -0.420 e. The van der Waals surface area contributed by atoms with Gasteiger partial charge in [0.2, 0.25) is 0 Å². The Kier molecular flexibility index (Phi) is 7.31. The predicted molar refractivity (Wildman–Crippen MR) is 82.0 cm³/mol. The Hall–Kier alpha value is -2.42. The van der Waals surface area contributed by atoms with Crippen LogP contribution in [0.3, 0.4) is 0 Å². The van der Waals surface area contributed by atoms with Crippen LogP contribution >= 0.6 is 11.6 Å². The summed E-state index contributed by atoms with van der Waals surface area (Å²) in [6.45, 7) is 2.20. The Morgan fingerprint density at radius 3 is 1.85 bits per heavy atom. The summed E-state index contributed by atoms with van der Waals surface area (Å²) in [7, 11) is 0. The van der Waals surface area contributed by atoms with E-state index in [4.69, 9.17) is 21.1 Å². The molecule has 0 fully saturated rings. The summed E-state index contributed by atoms with van der Waals surface area (Å²) in [6.07, 6.45) is -8.00. The Morgan fingerprint density at radius 2 is 1.46 bits per heavy atom. The highest BCUT2D eigenvalue weighted by Crippen LogP contribution is 2.36. The van der Waals surface area contributed by atoms with E-state index < -0.39 is 59.4 Å². The lowest BCUT2D eigenvalue weighted by atomic mass is 10.1. The van der Waals surface area contributed by atoms with Crippen molar-refractivity contribution in [3.05, 3.63) is 34.3 Å². The highest BCUT2D eigenvalue weighted by Gasteiger charge is 2.35. The molecule has 6 nitrogen and oxygen atoms in total. The van der Waals surface area contributed by atoms with Crippen molar-refractivity contribution in [1.82, 2.24) is 0 Å². The number of alkyl halides is 3. The second kappa shape index (κ2) is 8.79. The molecule has 1 aromatic carbocycles. The van der Waals surface area contributed by atoms with Gasteiger partial charge in [-0.05, 0) is 26.0 Å². The van der Waals surface area contributed by atoms with Gasteiger partial charge in [0.05, 0.1) is 10.6 Å². The van der Waals surface area contributed by atoms with Gasteiger partial charge in [-0.25, -0.2) is 0 Å². The molecule has 0 N–H and O–H groups in total. The summed E-state index contributed by atoms with van der Waals surface area (Å²) in [5.41, 5.74) is -1.57. The maximum atomic E-state index is 13.0. The van der Waals surface area contributed by atoms with Crippen LogP contribution in [0.25, 0.3) is 0 Å². The summed E-state index contributed by atoms with van der Waals surface area (Å²) in [4.78, 5) is 45.2. The predicted octanol–water partition coefficient (Wildman–Crippen LogP) is 3.40. The molecule has 0 atom stereocenters. The number of benzene rings is 1. The fraction of sp³-hybridized carbons (Fsp3) is 0.375. The second-order valence-corrected chi connectivity index (χ2v) is 5.71. The fourth-order valence-electron chi connectivity index (χ4n) is 1.80. The average molecular weight is 395 g/mol. The van der Waals surface area contributed by atoms with Crippen LogP contribution in [0.15, 0.2) is 18.2 Å². The van der Waals surface area contributed by atoms with E-state index in [1.54, 1.807) is 0 Å². The summed E-state index contributed by atoms with van der Waals surface area (Å²) in [5, 5.41) is -0.606. The van der Waals surface area contributed by atoms with E-state index in [0.29, 0.717) is 6.07 Å². The summed E-state index contributed by atoms with van der Waals surface area (Å²) < 4.78 is 48.5. The van der Waals surface area contributed by atoms with Gasteiger partial charge in [0.15, 0.2) is 0 Å². The molecule has 0 aliphatic rings. The summed E-state index contributed by atoms with van der Waals surface area (Å²) in [6, 6.07) is 2.50. The van der Waals surface area contributed by atoms with Crippen molar-refractivity contribution in [3.8, 4) is 0 Å². The maximum Gasteiger partial charge on any atom is 0.417 e. The molecule has 0 spiro atoms. The van der Waals surface area contributed by atoms with E-state index in [-0.39, 0.29) is 5.56 Å².